The quantitative estimate of drug-likeness (QED) is 0.704. The fourth-order valence-corrected chi connectivity index (χ4v) is 2.96. The van der Waals surface area contributed by atoms with Crippen molar-refractivity contribution in [1.29, 1.82) is 0 Å². The molecular formula is C18H15ClF3N3O3. The van der Waals surface area contributed by atoms with Gasteiger partial charge in [-0.3, -0.25) is 4.79 Å². The van der Waals surface area contributed by atoms with E-state index < -0.39 is 30.4 Å². The van der Waals surface area contributed by atoms with Crippen LogP contribution >= 0.6 is 11.6 Å². The Morgan fingerprint density at radius 1 is 1.18 bits per heavy atom. The third-order valence-corrected chi connectivity index (χ3v) is 4.24. The minimum atomic E-state index is -4.80. The lowest BCUT2D eigenvalue weighted by Gasteiger charge is -2.22. The third kappa shape index (κ3) is 5.07. The lowest BCUT2D eigenvalue weighted by atomic mass is 9.98. The molecule has 1 aliphatic rings. The highest BCUT2D eigenvalue weighted by Gasteiger charge is 2.32. The van der Waals surface area contributed by atoms with Gasteiger partial charge in [-0.15, -0.1) is 13.2 Å². The zero-order chi connectivity index (χ0) is 20.3. The Kier molecular flexibility index (Phi) is 5.64. The van der Waals surface area contributed by atoms with Crippen LogP contribution in [0.25, 0.3) is 0 Å². The van der Waals surface area contributed by atoms with E-state index in [4.69, 9.17) is 11.6 Å². The second-order valence-electron chi connectivity index (χ2n) is 6.02. The monoisotopic (exact) mass is 413 g/mol. The average Bonchev–Trinajstić information content (AvgIpc) is 3.05. The van der Waals surface area contributed by atoms with Crippen molar-refractivity contribution in [3.8, 4) is 5.75 Å². The van der Waals surface area contributed by atoms with E-state index in [9.17, 15) is 22.8 Å². The van der Waals surface area contributed by atoms with Gasteiger partial charge >= 0.3 is 12.4 Å². The first kappa shape index (κ1) is 19.8. The number of hydrogen-bond donors (Lipinski definition) is 3. The van der Waals surface area contributed by atoms with Crippen molar-refractivity contribution in [1.82, 2.24) is 16.0 Å². The predicted octanol–water partition coefficient (Wildman–Crippen LogP) is 3.13. The van der Waals surface area contributed by atoms with Gasteiger partial charge in [-0.05, 0) is 35.4 Å². The van der Waals surface area contributed by atoms with Crippen LogP contribution in [0.5, 0.6) is 5.75 Å². The number of amides is 3. The predicted molar refractivity (Wildman–Crippen MR) is 94.9 cm³/mol. The normalized spacial score (nSPS) is 17.4. The Morgan fingerprint density at radius 3 is 2.46 bits per heavy atom. The van der Waals surface area contributed by atoms with Crippen molar-refractivity contribution < 1.29 is 27.5 Å². The van der Waals surface area contributed by atoms with Gasteiger partial charge in [0.1, 0.15) is 11.8 Å². The minimum absolute atomic E-state index is 0.130. The van der Waals surface area contributed by atoms with Crippen molar-refractivity contribution in [3.05, 3.63) is 64.7 Å². The summed E-state index contributed by atoms with van der Waals surface area (Å²) < 4.78 is 40.9. The van der Waals surface area contributed by atoms with E-state index in [0.29, 0.717) is 16.1 Å². The zero-order valence-corrected chi connectivity index (χ0v) is 15.0. The Hall–Kier alpha value is -2.94. The van der Waals surface area contributed by atoms with Crippen molar-refractivity contribution in [2.24, 2.45) is 0 Å². The molecule has 0 saturated carbocycles. The van der Waals surface area contributed by atoms with Crippen molar-refractivity contribution in [2.45, 2.75) is 18.4 Å². The van der Waals surface area contributed by atoms with Crippen molar-refractivity contribution >= 4 is 23.5 Å². The van der Waals surface area contributed by atoms with Crippen LogP contribution in [0.1, 0.15) is 17.2 Å². The van der Waals surface area contributed by atoms with Crippen molar-refractivity contribution in [2.75, 3.05) is 6.54 Å². The molecule has 3 N–H and O–H groups in total. The summed E-state index contributed by atoms with van der Waals surface area (Å²) in [5, 5.41) is 8.19. The number of ether oxygens (including phenoxy) is 1. The molecule has 28 heavy (non-hydrogen) atoms. The van der Waals surface area contributed by atoms with Gasteiger partial charge < -0.3 is 20.7 Å². The van der Waals surface area contributed by atoms with E-state index in [1.807, 2.05) is 0 Å². The van der Waals surface area contributed by atoms with Crippen LogP contribution in [0.15, 0.2) is 48.5 Å². The van der Waals surface area contributed by atoms with Crippen LogP contribution in [-0.4, -0.2) is 30.9 Å². The Bertz CT molecular complexity index is 874. The Labute approximate surface area is 163 Å². The number of halogens is 4. The molecule has 3 amide bonds. The molecule has 0 aliphatic carbocycles. The topological polar surface area (TPSA) is 79.5 Å². The van der Waals surface area contributed by atoms with Gasteiger partial charge in [0.05, 0.1) is 6.04 Å². The molecule has 10 heteroatoms. The lowest BCUT2D eigenvalue weighted by Crippen LogP contribution is -2.44. The smallest absolute Gasteiger partial charge is 0.406 e. The lowest BCUT2D eigenvalue weighted by molar-refractivity contribution is -0.274. The van der Waals surface area contributed by atoms with Crippen LogP contribution in [0, 0.1) is 0 Å². The van der Waals surface area contributed by atoms with Gasteiger partial charge in [-0.1, -0.05) is 35.9 Å². The Morgan fingerprint density at radius 2 is 1.89 bits per heavy atom. The van der Waals surface area contributed by atoms with Crippen LogP contribution in [0.3, 0.4) is 0 Å². The van der Waals surface area contributed by atoms with Gasteiger partial charge in [0, 0.05) is 11.6 Å². The number of rotatable bonds is 5. The van der Waals surface area contributed by atoms with E-state index >= 15 is 0 Å². The number of hydrogen-bond acceptors (Lipinski definition) is 3. The van der Waals surface area contributed by atoms with E-state index in [-0.39, 0.29) is 12.3 Å². The van der Waals surface area contributed by atoms with E-state index in [1.54, 1.807) is 24.3 Å². The summed E-state index contributed by atoms with van der Waals surface area (Å²) in [5.41, 5.74) is 1.14. The second kappa shape index (κ2) is 7.97. The second-order valence-corrected chi connectivity index (χ2v) is 6.46. The highest BCUT2D eigenvalue weighted by atomic mass is 35.5. The third-order valence-electron chi connectivity index (χ3n) is 4.00. The molecular weight excluding hydrogens is 399 g/mol. The van der Waals surface area contributed by atoms with E-state index in [0.717, 1.165) is 12.1 Å². The van der Waals surface area contributed by atoms with Crippen LogP contribution in [0.2, 0.25) is 5.02 Å². The number of benzene rings is 2. The molecule has 2 aromatic carbocycles. The molecule has 0 spiro atoms. The van der Waals surface area contributed by atoms with Gasteiger partial charge in [0.2, 0.25) is 5.91 Å². The number of nitrogens with one attached hydrogen (secondary N) is 3. The molecule has 148 valence electrons. The number of urea groups is 1. The maximum Gasteiger partial charge on any atom is 0.573 e. The maximum atomic E-state index is 12.5. The molecule has 0 aromatic heterocycles. The summed E-state index contributed by atoms with van der Waals surface area (Å²) in [6, 6.07) is 9.95. The number of carbonyl (C=O) groups is 2. The highest BCUT2D eigenvalue weighted by molar-refractivity contribution is 6.30. The minimum Gasteiger partial charge on any atom is -0.406 e. The summed E-state index contributed by atoms with van der Waals surface area (Å²) in [6.07, 6.45) is -4.80. The van der Waals surface area contributed by atoms with E-state index in [1.165, 1.54) is 12.1 Å². The zero-order valence-electron chi connectivity index (χ0n) is 14.2. The van der Waals surface area contributed by atoms with Gasteiger partial charge in [-0.25, -0.2) is 4.79 Å². The number of alkyl halides is 3. The standard InChI is InChI=1S/C18H15ClF3N3O3/c19-12-3-1-2-11(8-12)15(25-16(26)14-9-23-17(27)24-14)10-4-6-13(7-5-10)28-18(20,21)22/h1-8,14-15H,9H2,(H,25,26)(H2,23,24,27)/t14-,15+/m0/s1. The molecule has 1 aliphatic heterocycles. The average molecular weight is 414 g/mol. The highest BCUT2D eigenvalue weighted by Crippen LogP contribution is 2.28. The van der Waals surface area contributed by atoms with E-state index in [2.05, 4.69) is 20.7 Å². The fraction of sp³-hybridized carbons (Fsp3) is 0.222. The first-order chi connectivity index (χ1) is 13.2. The molecule has 1 saturated heterocycles. The molecule has 1 heterocycles. The fourth-order valence-electron chi connectivity index (χ4n) is 2.76. The molecule has 0 bridgehead atoms. The first-order valence-electron chi connectivity index (χ1n) is 8.17. The Balaban J connectivity index is 1.86. The molecule has 2 aromatic rings. The summed E-state index contributed by atoms with van der Waals surface area (Å²) in [6.45, 7) is 0.130. The first-order valence-corrected chi connectivity index (χ1v) is 8.55. The molecule has 6 nitrogen and oxygen atoms in total. The van der Waals surface area contributed by atoms with Crippen LogP contribution in [0.4, 0.5) is 18.0 Å². The molecule has 0 unspecified atom stereocenters. The molecule has 2 atom stereocenters. The van der Waals surface area contributed by atoms with Gasteiger partial charge in [0.15, 0.2) is 0 Å². The maximum absolute atomic E-state index is 12.5. The molecule has 3 rings (SSSR count). The molecule has 0 radical (unpaired) electrons. The summed E-state index contributed by atoms with van der Waals surface area (Å²) >= 11 is 6.03. The van der Waals surface area contributed by atoms with Crippen molar-refractivity contribution in [3.63, 3.8) is 0 Å². The van der Waals surface area contributed by atoms with Gasteiger partial charge in [-0.2, -0.15) is 0 Å². The van der Waals surface area contributed by atoms with Gasteiger partial charge in [0.25, 0.3) is 0 Å². The summed E-state index contributed by atoms with van der Waals surface area (Å²) in [5.74, 6) is -0.821. The largest absolute Gasteiger partial charge is 0.573 e. The van der Waals surface area contributed by atoms with Crippen LogP contribution in [-0.2, 0) is 4.79 Å². The molecule has 1 fully saturated rings. The van der Waals surface area contributed by atoms with Crippen LogP contribution < -0.4 is 20.7 Å². The summed E-state index contributed by atoms with van der Waals surface area (Å²) in [4.78, 5) is 23.8. The summed E-state index contributed by atoms with van der Waals surface area (Å²) in [7, 11) is 0. The SMILES string of the molecule is O=C1NC[C@@H](C(=O)N[C@H](c2ccc(OC(F)(F)F)cc2)c2cccc(Cl)c2)N1. The number of carbonyl (C=O) groups excluding carboxylic acids is 2.